The first-order chi connectivity index (χ1) is 15.0. The Kier molecular flexibility index (Phi) is 6.56. The summed E-state index contributed by atoms with van der Waals surface area (Å²) in [7, 11) is 0. The van der Waals surface area contributed by atoms with Crippen LogP contribution in [0.25, 0.3) is 17.1 Å². The summed E-state index contributed by atoms with van der Waals surface area (Å²) in [6.07, 6.45) is 3.41. The monoisotopic (exact) mass is 469 g/mol. The lowest BCUT2D eigenvalue weighted by Crippen LogP contribution is -2.15. The van der Waals surface area contributed by atoms with Gasteiger partial charge in [0.25, 0.3) is 0 Å². The normalized spacial score (nSPS) is 10.8. The van der Waals surface area contributed by atoms with Gasteiger partial charge in [0.05, 0.1) is 21.5 Å². The number of rotatable bonds is 6. The van der Waals surface area contributed by atoms with Crippen molar-refractivity contribution in [2.24, 2.45) is 0 Å². The van der Waals surface area contributed by atoms with E-state index in [0.29, 0.717) is 26.7 Å². The van der Waals surface area contributed by atoms with Crippen LogP contribution in [0.4, 0.5) is 5.69 Å². The number of aryl methyl sites for hydroxylation is 1. The minimum atomic E-state index is -0.224. The Morgan fingerprint density at radius 3 is 2.52 bits per heavy atom. The molecule has 4 rings (SSSR count). The van der Waals surface area contributed by atoms with Crippen molar-refractivity contribution in [3.63, 3.8) is 0 Å². The summed E-state index contributed by atoms with van der Waals surface area (Å²) in [6.45, 7) is 2.03. The van der Waals surface area contributed by atoms with Gasteiger partial charge < -0.3 is 5.32 Å². The van der Waals surface area contributed by atoms with E-state index in [1.54, 1.807) is 30.6 Å². The molecule has 2 aromatic heterocycles. The Labute approximate surface area is 193 Å². The molecule has 0 saturated carbocycles. The summed E-state index contributed by atoms with van der Waals surface area (Å²) in [5, 5.41) is 12.8. The summed E-state index contributed by atoms with van der Waals surface area (Å²) in [6, 6.07) is 16.9. The summed E-state index contributed by atoms with van der Waals surface area (Å²) in [4.78, 5) is 16.6. The van der Waals surface area contributed by atoms with Crippen molar-refractivity contribution in [3.8, 4) is 17.1 Å². The van der Waals surface area contributed by atoms with E-state index in [4.69, 9.17) is 23.2 Å². The number of benzene rings is 2. The van der Waals surface area contributed by atoms with Gasteiger partial charge in [0, 0.05) is 23.6 Å². The molecule has 0 bridgehead atoms. The maximum Gasteiger partial charge on any atom is 0.234 e. The van der Waals surface area contributed by atoms with E-state index in [9.17, 15) is 4.79 Å². The fourth-order valence-corrected chi connectivity index (χ4v) is 3.99. The van der Waals surface area contributed by atoms with Crippen molar-refractivity contribution >= 4 is 46.6 Å². The van der Waals surface area contributed by atoms with Crippen LogP contribution in [0.2, 0.25) is 10.0 Å². The minimum absolute atomic E-state index is 0.128. The molecule has 156 valence electrons. The highest BCUT2D eigenvalue weighted by Crippen LogP contribution is 2.31. The highest BCUT2D eigenvalue weighted by Gasteiger charge is 2.18. The van der Waals surface area contributed by atoms with Crippen molar-refractivity contribution in [2.45, 2.75) is 12.1 Å². The highest BCUT2D eigenvalue weighted by atomic mass is 35.5. The maximum absolute atomic E-state index is 12.5. The molecule has 0 aliphatic carbocycles. The number of aromatic nitrogens is 4. The zero-order valence-corrected chi connectivity index (χ0v) is 18.7. The summed E-state index contributed by atoms with van der Waals surface area (Å²) < 4.78 is 1.93. The fraction of sp³-hybridized carbons (Fsp3) is 0.0909. The number of carbonyl (C=O) groups is 1. The smallest absolute Gasteiger partial charge is 0.234 e. The highest BCUT2D eigenvalue weighted by molar-refractivity contribution is 7.99. The molecular weight excluding hydrogens is 453 g/mol. The van der Waals surface area contributed by atoms with Crippen LogP contribution in [0.1, 0.15) is 5.56 Å². The van der Waals surface area contributed by atoms with Crippen LogP contribution >= 0.6 is 35.0 Å². The van der Waals surface area contributed by atoms with Gasteiger partial charge >= 0.3 is 0 Å². The van der Waals surface area contributed by atoms with Crippen molar-refractivity contribution in [3.05, 3.63) is 82.6 Å². The van der Waals surface area contributed by atoms with E-state index in [0.717, 1.165) is 16.8 Å². The largest absolute Gasteiger partial charge is 0.324 e. The molecule has 2 aromatic carbocycles. The Morgan fingerprint density at radius 1 is 1.03 bits per heavy atom. The van der Waals surface area contributed by atoms with Crippen molar-refractivity contribution < 1.29 is 4.79 Å². The third kappa shape index (κ3) is 4.90. The van der Waals surface area contributed by atoms with Crippen LogP contribution in [0, 0.1) is 6.92 Å². The Bertz CT molecular complexity index is 1210. The van der Waals surface area contributed by atoms with Crippen LogP contribution in [-0.2, 0) is 4.79 Å². The minimum Gasteiger partial charge on any atom is -0.324 e. The molecule has 4 aromatic rings. The summed E-state index contributed by atoms with van der Waals surface area (Å²) in [5.74, 6) is 0.577. The number of halogens is 2. The second-order valence-corrected chi connectivity index (χ2v) is 8.38. The first-order valence-corrected chi connectivity index (χ1v) is 11.1. The first-order valence-electron chi connectivity index (χ1n) is 9.32. The van der Waals surface area contributed by atoms with Gasteiger partial charge in [-0.3, -0.25) is 14.3 Å². The van der Waals surface area contributed by atoms with E-state index in [2.05, 4.69) is 20.5 Å². The number of pyridine rings is 1. The zero-order chi connectivity index (χ0) is 21.8. The lowest BCUT2D eigenvalue weighted by atomic mass is 10.2. The molecule has 9 heteroatoms. The predicted molar refractivity (Wildman–Crippen MR) is 125 cm³/mol. The molecule has 0 atom stereocenters. The lowest BCUT2D eigenvalue weighted by Gasteiger charge is -2.11. The number of anilines is 1. The number of amides is 1. The number of nitrogens with zero attached hydrogens (tertiary/aromatic N) is 4. The van der Waals surface area contributed by atoms with E-state index in [-0.39, 0.29) is 11.7 Å². The average molecular weight is 470 g/mol. The number of carbonyl (C=O) groups excluding carboxylic acids is 1. The molecule has 2 heterocycles. The van der Waals surface area contributed by atoms with E-state index >= 15 is 0 Å². The Morgan fingerprint density at radius 2 is 1.77 bits per heavy atom. The quantitative estimate of drug-likeness (QED) is 0.368. The van der Waals surface area contributed by atoms with Crippen molar-refractivity contribution in [1.82, 2.24) is 19.7 Å². The van der Waals surface area contributed by atoms with Crippen molar-refractivity contribution in [2.75, 3.05) is 11.1 Å². The molecule has 0 spiro atoms. The number of hydrogen-bond acceptors (Lipinski definition) is 5. The standard InChI is InChI=1S/C22H17Cl2N5OS/c1-14-5-7-16(8-6-14)29-21(15-9-11-25-12-10-15)27-28-22(29)31-13-19(30)26-18-4-2-3-17(23)20(18)24/h2-12H,13H2,1H3,(H,26,30). The molecule has 0 aliphatic rings. The molecule has 0 unspecified atom stereocenters. The average Bonchev–Trinajstić information content (AvgIpc) is 3.21. The first kappa shape index (κ1) is 21.4. The SMILES string of the molecule is Cc1ccc(-n2c(SCC(=O)Nc3cccc(Cl)c3Cl)nnc2-c2ccncc2)cc1. The van der Waals surface area contributed by atoms with Gasteiger partial charge in [-0.1, -0.05) is 58.7 Å². The second kappa shape index (κ2) is 9.51. The van der Waals surface area contributed by atoms with E-state index < -0.39 is 0 Å². The molecule has 1 N–H and O–H groups in total. The number of hydrogen-bond donors (Lipinski definition) is 1. The van der Waals surface area contributed by atoms with Gasteiger partial charge in [-0.2, -0.15) is 0 Å². The molecule has 1 amide bonds. The van der Waals surface area contributed by atoms with Crippen LogP contribution in [0.15, 0.2) is 72.1 Å². The van der Waals surface area contributed by atoms with Gasteiger partial charge in [-0.15, -0.1) is 10.2 Å². The van der Waals surface area contributed by atoms with Crippen LogP contribution in [0.3, 0.4) is 0 Å². The Hall–Kier alpha value is -2.87. The van der Waals surface area contributed by atoms with Crippen molar-refractivity contribution in [1.29, 1.82) is 0 Å². The van der Waals surface area contributed by atoms with Gasteiger partial charge in [0.1, 0.15) is 0 Å². The molecule has 0 aliphatic heterocycles. The third-order valence-electron chi connectivity index (χ3n) is 4.42. The zero-order valence-electron chi connectivity index (χ0n) is 16.4. The summed E-state index contributed by atoms with van der Waals surface area (Å²) in [5.41, 5.74) is 3.40. The van der Waals surface area contributed by atoms with Gasteiger partial charge in [-0.05, 0) is 43.3 Å². The predicted octanol–water partition coefficient (Wildman–Crippen LogP) is 5.68. The molecular formula is C22H17Cl2N5OS. The molecule has 31 heavy (non-hydrogen) atoms. The van der Waals surface area contributed by atoms with Crippen LogP contribution in [0.5, 0.6) is 0 Å². The van der Waals surface area contributed by atoms with Gasteiger partial charge in [0.2, 0.25) is 5.91 Å². The summed E-state index contributed by atoms with van der Waals surface area (Å²) >= 11 is 13.5. The van der Waals surface area contributed by atoms with Crippen LogP contribution < -0.4 is 5.32 Å². The maximum atomic E-state index is 12.5. The fourth-order valence-electron chi connectivity index (χ4n) is 2.89. The molecule has 0 saturated heterocycles. The lowest BCUT2D eigenvalue weighted by molar-refractivity contribution is -0.113. The second-order valence-electron chi connectivity index (χ2n) is 6.65. The molecule has 6 nitrogen and oxygen atoms in total. The van der Waals surface area contributed by atoms with Gasteiger partial charge in [-0.25, -0.2) is 0 Å². The van der Waals surface area contributed by atoms with Gasteiger partial charge in [0.15, 0.2) is 11.0 Å². The van der Waals surface area contributed by atoms with E-state index in [1.165, 1.54) is 11.8 Å². The molecule has 0 radical (unpaired) electrons. The van der Waals surface area contributed by atoms with E-state index in [1.807, 2.05) is 47.9 Å². The third-order valence-corrected chi connectivity index (χ3v) is 6.17. The number of thioether (sulfide) groups is 1. The molecule has 0 fully saturated rings. The van der Waals surface area contributed by atoms with Crippen LogP contribution in [-0.4, -0.2) is 31.4 Å². The topological polar surface area (TPSA) is 72.7 Å². The Balaban J connectivity index is 1.59. The number of nitrogens with one attached hydrogen (secondary N) is 1.